The summed E-state index contributed by atoms with van der Waals surface area (Å²) in [6, 6.07) is 50.1. The van der Waals surface area contributed by atoms with Crippen LogP contribution in [0.3, 0.4) is 0 Å². The van der Waals surface area contributed by atoms with Gasteiger partial charge in [-0.1, -0.05) is 146 Å². The van der Waals surface area contributed by atoms with Gasteiger partial charge >= 0.3 is 11.9 Å². The van der Waals surface area contributed by atoms with Gasteiger partial charge in [0.05, 0.1) is 13.2 Å². The van der Waals surface area contributed by atoms with Crippen LogP contribution < -0.4 is 0 Å². The first-order valence-electron chi connectivity index (χ1n) is 17.8. The third-order valence-electron chi connectivity index (χ3n) is 6.65. The summed E-state index contributed by atoms with van der Waals surface area (Å²) >= 11 is 0. The van der Waals surface area contributed by atoms with Crippen molar-refractivity contribution in [3.05, 3.63) is 146 Å². The quantitative estimate of drug-likeness (QED) is 0.146. The van der Waals surface area contributed by atoms with E-state index in [1.54, 1.807) is 28.4 Å². The number of hydrogen-bond acceptors (Lipinski definition) is 10. The summed E-state index contributed by atoms with van der Waals surface area (Å²) in [5.74, 6) is -0.787. The molecule has 304 valence electrons. The Hall–Kier alpha value is -5.20. The molecule has 0 spiro atoms. The number of hydrogen-bond donors (Lipinski definition) is 2. The van der Waals surface area contributed by atoms with Gasteiger partial charge < -0.3 is 38.6 Å². The average Bonchev–Trinajstić information content (AvgIpc) is 3.21. The lowest BCUT2D eigenvalue weighted by Gasteiger charge is -2.07. The molecule has 0 saturated heterocycles. The van der Waals surface area contributed by atoms with Gasteiger partial charge in [-0.2, -0.15) is 0 Å². The first-order chi connectivity index (χ1) is 27.1. The van der Waals surface area contributed by atoms with Crippen molar-refractivity contribution in [2.24, 2.45) is 0 Å². The molecule has 0 amide bonds. The minimum Gasteiger partial charge on any atom is -0.463 e. The van der Waals surface area contributed by atoms with Crippen molar-refractivity contribution in [1.82, 2.24) is 0 Å². The molecule has 0 radical (unpaired) electrons. The summed E-state index contributed by atoms with van der Waals surface area (Å²) < 4.78 is 26.7. The smallest absolute Gasteiger partial charge is 0.302 e. The fourth-order valence-electron chi connectivity index (χ4n) is 4.31. The molecule has 0 aliphatic rings. The van der Waals surface area contributed by atoms with E-state index < -0.39 is 24.1 Å². The Morgan fingerprint density at radius 1 is 0.393 bits per heavy atom. The number of rotatable bonds is 8. The van der Waals surface area contributed by atoms with Gasteiger partial charge in [0.15, 0.2) is 0 Å². The molecule has 10 nitrogen and oxygen atoms in total. The number of benzene rings is 6. The summed E-state index contributed by atoms with van der Waals surface area (Å²) in [7, 11) is 9.44. The summed E-state index contributed by atoms with van der Waals surface area (Å²) in [6.07, 6.45) is -1.43. The highest BCUT2D eigenvalue weighted by atomic mass is 16.6. The van der Waals surface area contributed by atoms with Crippen molar-refractivity contribution in [2.45, 2.75) is 26.1 Å². The third kappa shape index (κ3) is 26.6. The van der Waals surface area contributed by atoms with Crippen LogP contribution in [0, 0.1) is 0 Å². The average molecular weight is 773 g/mol. The number of aliphatic hydroxyl groups is 2. The van der Waals surface area contributed by atoms with Crippen LogP contribution in [0.5, 0.6) is 0 Å². The number of carbonyl (C=O) groups excluding carboxylic acids is 2. The van der Waals surface area contributed by atoms with Crippen LogP contribution in [-0.4, -0.2) is 103 Å². The molecule has 2 atom stereocenters. The van der Waals surface area contributed by atoms with Crippen LogP contribution in [0.25, 0.3) is 32.3 Å². The predicted molar refractivity (Wildman–Crippen MR) is 227 cm³/mol. The summed E-state index contributed by atoms with van der Waals surface area (Å²) in [5, 5.41) is 25.7. The summed E-state index contributed by atoms with van der Waals surface area (Å²) in [4.78, 5) is 20.4. The Labute approximate surface area is 332 Å². The van der Waals surface area contributed by atoms with Crippen molar-refractivity contribution >= 4 is 44.3 Å². The molecule has 6 rings (SSSR count). The first-order valence-corrected chi connectivity index (χ1v) is 17.8. The zero-order valence-electron chi connectivity index (χ0n) is 34.0. The molecule has 56 heavy (non-hydrogen) atoms. The molecule has 2 unspecified atom stereocenters. The third-order valence-corrected chi connectivity index (χ3v) is 6.65. The first kappa shape index (κ1) is 50.8. The SMILES string of the molecule is COC.COC.COCC(O)COC(C)=O.COCC(O)COC(C)=O.c1ccc2ccccc2c1.c1ccc2ccccc2c1.c1ccc2ccccc2c1. The lowest BCUT2D eigenvalue weighted by Crippen LogP contribution is -2.22. The van der Waals surface area contributed by atoms with E-state index in [0.717, 1.165) is 0 Å². The molecule has 0 aromatic heterocycles. The van der Waals surface area contributed by atoms with Crippen molar-refractivity contribution in [3.63, 3.8) is 0 Å². The predicted octanol–water partition coefficient (Wildman–Crippen LogP) is 8.16. The second-order valence-electron chi connectivity index (χ2n) is 11.7. The van der Waals surface area contributed by atoms with Crippen LogP contribution in [0.4, 0.5) is 0 Å². The molecule has 0 heterocycles. The lowest BCUT2D eigenvalue weighted by molar-refractivity contribution is -0.145. The van der Waals surface area contributed by atoms with E-state index in [2.05, 4.69) is 174 Å². The van der Waals surface area contributed by atoms with Gasteiger partial charge in [-0.05, 0) is 32.3 Å². The molecule has 0 fully saturated rings. The van der Waals surface area contributed by atoms with Gasteiger partial charge in [-0.25, -0.2) is 0 Å². The number of esters is 2. The van der Waals surface area contributed by atoms with Gasteiger partial charge in [-0.3, -0.25) is 9.59 Å². The topological polar surface area (TPSA) is 130 Å². The second-order valence-corrected chi connectivity index (χ2v) is 11.7. The molecular formula is C46H60O10. The molecule has 6 aromatic rings. The highest BCUT2D eigenvalue weighted by Crippen LogP contribution is 2.13. The van der Waals surface area contributed by atoms with Crippen LogP contribution in [0.2, 0.25) is 0 Å². The Morgan fingerprint density at radius 2 is 0.554 bits per heavy atom. The van der Waals surface area contributed by atoms with Crippen LogP contribution in [0.1, 0.15) is 13.8 Å². The highest BCUT2D eigenvalue weighted by molar-refractivity contribution is 5.83. The molecule has 0 saturated carbocycles. The molecular weight excluding hydrogens is 712 g/mol. The summed E-state index contributed by atoms with van der Waals surface area (Å²) in [5.41, 5.74) is 0. The van der Waals surface area contributed by atoms with E-state index >= 15 is 0 Å². The maximum absolute atomic E-state index is 10.2. The minimum atomic E-state index is -0.714. The zero-order chi connectivity index (χ0) is 41.8. The lowest BCUT2D eigenvalue weighted by atomic mass is 10.1. The van der Waals surface area contributed by atoms with Crippen molar-refractivity contribution in [1.29, 1.82) is 0 Å². The molecule has 0 aliphatic heterocycles. The number of fused-ring (bicyclic) bond motifs is 3. The van der Waals surface area contributed by atoms with E-state index in [-0.39, 0.29) is 26.4 Å². The van der Waals surface area contributed by atoms with E-state index in [0.29, 0.717) is 0 Å². The van der Waals surface area contributed by atoms with Gasteiger partial charge in [-0.15, -0.1) is 0 Å². The molecule has 10 heteroatoms. The number of ether oxygens (including phenoxy) is 6. The van der Waals surface area contributed by atoms with Gasteiger partial charge in [0.1, 0.15) is 25.4 Å². The Morgan fingerprint density at radius 3 is 0.679 bits per heavy atom. The van der Waals surface area contributed by atoms with E-state index in [1.165, 1.54) is 60.4 Å². The largest absolute Gasteiger partial charge is 0.463 e. The van der Waals surface area contributed by atoms with Gasteiger partial charge in [0.2, 0.25) is 0 Å². The van der Waals surface area contributed by atoms with Crippen molar-refractivity contribution in [2.75, 3.05) is 69.1 Å². The Balaban J connectivity index is 0.000000651. The normalized spacial score (nSPS) is 10.5. The second kappa shape index (κ2) is 34.3. The molecule has 2 N–H and O–H groups in total. The standard InChI is InChI=1S/3C10H8.2C6H12O4.2C2H6O/c3*1-2-6-10-8-4-3-7-9(10)5-1;2*1-5(7)10-4-6(8)3-9-2;2*1-3-2/h3*1-8H;2*6,8H,3-4H2,1-2H3;2*1-2H3. The monoisotopic (exact) mass is 772 g/mol. The maximum atomic E-state index is 10.2. The summed E-state index contributed by atoms with van der Waals surface area (Å²) in [6.45, 7) is 2.96. The molecule has 0 bridgehead atoms. The Kier molecular flexibility index (Phi) is 31.1. The van der Waals surface area contributed by atoms with E-state index in [9.17, 15) is 9.59 Å². The van der Waals surface area contributed by atoms with E-state index in [1.807, 2.05) is 0 Å². The fourth-order valence-corrected chi connectivity index (χ4v) is 4.31. The van der Waals surface area contributed by atoms with Gasteiger partial charge in [0.25, 0.3) is 0 Å². The maximum Gasteiger partial charge on any atom is 0.302 e. The molecule has 6 aromatic carbocycles. The van der Waals surface area contributed by atoms with Crippen LogP contribution in [-0.2, 0) is 38.0 Å². The number of aliphatic hydroxyl groups excluding tert-OH is 2. The van der Waals surface area contributed by atoms with Crippen LogP contribution >= 0.6 is 0 Å². The minimum absolute atomic E-state index is 0.00315. The van der Waals surface area contributed by atoms with Crippen LogP contribution in [0.15, 0.2) is 146 Å². The van der Waals surface area contributed by atoms with Crippen molar-refractivity contribution in [3.8, 4) is 0 Å². The number of carbonyl (C=O) groups is 2. The number of methoxy groups -OCH3 is 4. The Bertz CT molecular complexity index is 1450. The van der Waals surface area contributed by atoms with E-state index in [4.69, 9.17) is 10.2 Å². The fraction of sp³-hybridized carbons (Fsp3) is 0.304. The van der Waals surface area contributed by atoms with Gasteiger partial charge in [0, 0.05) is 56.5 Å². The molecule has 0 aliphatic carbocycles. The highest BCUT2D eigenvalue weighted by Gasteiger charge is 2.04. The zero-order valence-corrected chi connectivity index (χ0v) is 34.0. The van der Waals surface area contributed by atoms with Crippen molar-refractivity contribution < 1.29 is 48.2 Å².